The predicted octanol–water partition coefficient (Wildman–Crippen LogP) is 3.37. The summed E-state index contributed by atoms with van der Waals surface area (Å²) < 4.78 is 21.1. The van der Waals surface area contributed by atoms with Crippen molar-refractivity contribution in [2.75, 3.05) is 34.2 Å². The Morgan fingerprint density at radius 3 is 1.96 bits per heavy atom. The zero-order chi connectivity index (χ0) is 18.4. The van der Waals surface area contributed by atoms with Gasteiger partial charge in [-0.05, 0) is 47.5 Å². The summed E-state index contributed by atoms with van der Waals surface area (Å²) in [5.74, 6) is 2.09. The first-order valence-electron chi connectivity index (χ1n) is 7.43. The number of nitriles is 1. The molecule has 0 spiro atoms. The number of hydrogen-bond acceptors (Lipinski definition) is 6. The van der Waals surface area contributed by atoms with E-state index in [4.69, 9.17) is 24.7 Å². The molecule has 2 aromatic rings. The molecule has 0 aliphatic rings. The average Bonchev–Trinajstić information content (AvgIpc) is 2.64. The number of rotatable bonds is 6. The lowest BCUT2D eigenvalue weighted by Crippen LogP contribution is -1.96. The molecule has 0 saturated heterocycles. The van der Waals surface area contributed by atoms with Gasteiger partial charge in [-0.1, -0.05) is 0 Å². The Bertz CT molecular complexity index is 813. The number of nitrogen functional groups attached to an aromatic ring is 1. The van der Waals surface area contributed by atoms with Crippen LogP contribution in [-0.4, -0.2) is 28.4 Å². The molecule has 0 aromatic heterocycles. The molecule has 6 heteroatoms. The second kappa shape index (κ2) is 7.97. The molecule has 0 radical (unpaired) electrons. The Morgan fingerprint density at radius 2 is 1.52 bits per heavy atom. The molecule has 2 N–H and O–H groups in total. The summed E-state index contributed by atoms with van der Waals surface area (Å²) >= 11 is 0. The third-order valence-corrected chi connectivity index (χ3v) is 3.66. The highest BCUT2D eigenvalue weighted by molar-refractivity contribution is 5.91. The van der Waals surface area contributed by atoms with Gasteiger partial charge in [0.1, 0.15) is 5.75 Å². The van der Waals surface area contributed by atoms with Crippen molar-refractivity contribution in [3.05, 3.63) is 41.5 Å². The van der Waals surface area contributed by atoms with Gasteiger partial charge in [0.25, 0.3) is 0 Å². The Balaban J connectivity index is 2.53. The molecule has 25 heavy (non-hydrogen) atoms. The molecule has 6 nitrogen and oxygen atoms in total. The minimum atomic E-state index is 0.448. The van der Waals surface area contributed by atoms with Crippen LogP contribution in [0, 0.1) is 11.3 Å². The first kappa shape index (κ1) is 18.0. The second-order valence-electron chi connectivity index (χ2n) is 5.09. The van der Waals surface area contributed by atoms with E-state index >= 15 is 0 Å². The number of benzene rings is 2. The number of nitrogens with two attached hydrogens (primary N) is 1. The lowest BCUT2D eigenvalue weighted by Gasteiger charge is -2.13. The molecule has 0 aliphatic heterocycles. The van der Waals surface area contributed by atoms with Crippen LogP contribution in [0.15, 0.2) is 30.3 Å². The van der Waals surface area contributed by atoms with Gasteiger partial charge in [0.2, 0.25) is 5.75 Å². The normalized spacial score (nSPS) is 10.8. The van der Waals surface area contributed by atoms with E-state index in [0.29, 0.717) is 39.8 Å². The van der Waals surface area contributed by atoms with Gasteiger partial charge in [0.05, 0.1) is 45.8 Å². The summed E-state index contributed by atoms with van der Waals surface area (Å²) in [6, 6.07) is 10.9. The molecule has 0 unspecified atom stereocenters. The summed E-state index contributed by atoms with van der Waals surface area (Å²) in [6.45, 7) is 0. The van der Waals surface area contributed by atoms with Crippen LogP contribution in [0.2, 0.25) is 0 Å². The summed E-state index contributed by atoms with van der Waals surface area (Å²) in [5, 5.41) is 9.53. The van der Waals surface area contributed by atoms with Gasteiger partial charge in [-0.3, -0.25) is 0 Å². The summed E-state index contributed by atoms with van der Waals surface area (Å²) in [7, 11) is 6.17. The van der Waals surface area contributed by atoms with Crippen LogP contribution in [-0.2, 0) is 0 Å². The Labute approximate surface area is 147 Å². The molecule has 130 valence electrons. The van der Waals surface area contributed by atoms with Crippen molar-refractivity contribution in [2.24, 2.45) is 0 Å². The van der Waals surface area contributed by atoms with E-state index in [1.807, 2.05) is 0 Å². The molecule has 0 fully saturated rings. The first-order valence-corrected chi connectivity index (χ1v) is 7.43. The van der Waals surface area contributed by atoms with Crippen LogP contribution >= 0.6 is 0 Å². The van der Waals surface area contributed by atoms with Gasteiger partial charge < -0.3 is 24.7 Å². The third-order valence-electron chi connectivity index (χ3n) is 3.66. The number of anilines is 1. The van der Waals surface area contributed by atoms with Crippen molar-refractivity contribution >= 4 is 17.3 Å². The first-order chi connectivity index (χ1) is 12.1. The van der Waals surface area contributed by atoms with E-state index in [0.717, 1.165) is 5.56 Å². The maximum Gasteiger partial charge on any atom is 0.203 e. The molecule has 0 heterocycles. The topological polar surface area (TPSA) is 86.7 Å². The average molecular weight is 340 g/mol. The van der Waals surface area contributed by atoms with Gasteiger partial charge >= 0.3 is 0 Å². The van der Waals surface area contributed by atoms with Gasteiger partial charge in [0, 0.05) is 0 Å². The molecule has 0 atom stereocenters. The van der Waals surface area contributed by atoms with Crippen LogP contribution in [0.1, 0.15) is 11.1 Å². The molecule has 0 aliphatic carbocycles. The molecule has 0 bridgehead atoms. The van der Waals surface area contributed by atoms with Crippen molar-refractivity contribution < 1.29 is 18.9 Å². The van der Waals surface area contributed by atoms with Gasteiger partial charge in [-0.25, -0.2) is 0 Å². The highest BCUT2D eigenvalue weighted by atomic mass is 16.5. The van der Waals surface area contributed by atoms with E-state index in [9.17, 15) is 5.26 Å². The van der Waals surface area contributed by atoms with Crippen molar-refractivity contribution in [3.63, 3.8) is 0 Å². The van der Waals surface area contributed by atoms with Crippen molar-refractivity contribution in [1.29, 1.82) is 5.26 Å². The van der Waals surface area contributed by atoms with Gasteiger partial charge in [0.15, 0.2) is 11.5 Å². The van der Waals surface area contributed by atoms with Crippen LogP contribution < -0.4 is 24.7 Å². The fourth-order valence-electron chi connectivity index (χ4n) is 2.43. The molecule has 2 rings (SSSR count). The highest BCUT2D eigenvalue weighted by Crippen LogP contribution is 2.39. The van der Waals surface area contributed by atoms with Crippen LogP contribution in [0.25, 0.3) is 11.6 Å². The van der Waals surface area contributed by atoms with E-state index in [2.05, 4.69) is 6.07 Å². The third kappa shape index (κ3) is 3.78. The van der Waals surface area contributed by atoms with Crippen molar-refractivity contribution in [1.82, 2.24) is 0 Å². The molecule has 0 saturated carbocycles. The SMILES string of the molecule is COc1ccc(/C(C#N)=C\c2cc(OC)c(OC)c(OC)c2)cc1N. The number of nitrogens with zero attached hydrogens (tertiary/aromatic N) is 1. The largest absolute Gasteiger partial charge is 0.495 e. The predicted molar refractivity (Wildman–Crippen MR) is 97.0 cm³/mol. The maximum atomic E-state index is 9.53. The fraction of sp³-hybridized carbons (Fsp3) is 0.211. The quantitative estimate of drug-likeness (QED) is 0.493. The summed E-state index contributed by atoms with van der Waals surface area (Å²) in [6.07, 6.45) is 1.73. The van der Waals surface area contributed by atoms with Crippen LogP contribution in [0.4, 0.5) is 5.69 Å². The molecular formula is C19H20N2O4. The van der Waals surface area contributed by atoms with Gasteiger partial charge in [-0.2, -0.15) is 5.26 Å². The zero-order valence-corrected chi connectivity index (χ0v) is 14.6. The summed E-state index contributed by atoms with van der Waals surface area (Å²) in [4.78, 5) is 0. The Hall–Kier alpha value is -3.33. The highest BCUT2D eigenvalue weighted by Gasteiger charge is 2.13. The maximum absolute atomic E-state index is 9.53. The number of ether oxygens (including phenoxy) is 4. The Kier molecular flexibility index (Phi) is 5.75. The zero-order valence-electron chi connectivity index (χ0n) is 14.6. The Morgan fingerprint density at radius 1 is 0.920 bits per heavy atom. The lowest BCUT2D eigenvalue weighted by molar-refractivity contribution is 0.324. The lowest BCUT2D eigenvalue weighted by atomic mass is 10.0. The number of allylic oxidation sites excluding steroid dienone is 1. The van der Waals surface area contributed by atoms with Crippen LogP contribution in [0.3, 0.4) is 0 Å². The second-order valence-corrected chi connectivity index (χ2v) is 5.09. The van der Waals surface area contributed by atoms with E-state index in [1.165, 1.54) is 7.11 Å². The smallest absolute Gasteiger partial charge is 0.203 e. The van der Waals surface area contributed by atoms with E-state index in [1.54, 1.807) is 57.7 Å². The van der Waals surface area contributed by atoms with Crippen molar-refractivity contribution in [2.45, 2.75) is 0 Å². The van der Waals surface area contributed by atoms with Crippen molar-refractivity contribution in [3.8, 4) is 29.1 Å². The standard InChI is InChI=1S/C19H20N2O4/c1-22-16-6-5-13(10-15(16)21)14(11-20)7-12-8-17(23-2)19(25-4)18(9-12)24-3/h5-10H,21H2,1-4H3/b14-7-. The number of hydrogen-bond donors (Lipinski definition) is 1. The minimum Gasteiger partial charge on any atom is -0.495 e. The van der Waals surface area contributed by atoms with Gasteiger partial charge in [-0.15, -0.1) is 0 Å². The summed E-state index contributed by atoms with van der Waals surface area (Å²) in [5.41, 5.74) is 8.27. The molecular weight excluding hydrogens is 320 g/mol. The number of methoxy groups -OCH3 is 4. The van der Waals surface area contributed by atoms with E-state index in [-0.39, 0.29) is 0 Å². The van der Waals surface area contributed by atoms with Crippen LogP contribution in [0.5, 0.6) is 23.0 Å². The minimum absolute atomic E-state index is 0.448. The fourth-order valence-corrected chi connectivity index (χ4v) is 2.43. The monoisotopic (exact) mass is 340 g/mol. The van der Waals surface area contributed by atoms with E-state index < -0.39 is 0 Å². The molecule has 0 amide bonds. The molecule has 2 aromatic carbocycles.